The second kappa shape index (κ2) is 4.00. The van der Waals surface area contributed by atoms with E-state index >= 15 is 0 Å². The second-order valence-corrected chi connectivity index (χ2v) is 4.20. The highest BCUT2D eigenvalue weighted by molar-refractivity contribution is 7.79. The number of carbonyl (C=O) groups excluding carboxylic acids is 1. The molecule has 12 heavy (non-hydrogen) atoms. The van der Waals surface area contributed by atoms with Gasteiger partial charge >= 0.3 is 0 Å². The first-order valence-electron chi connectivity index (χ1n) is 3.96. The van der Waals surface area contributed by atoms with Gasteiger partial charge in [-0.1, -0.05) is 0 Å². The minimum absolute atomic E-state index is 0.0529. The van der Waals surface area contributed by atoms with Crippen molar-refractivity contribution in [2.45, 2.75) is 25.0 Å². The van der Waals surface area contributed by atoms with Crippen molar-refractivity contribution in [3.63, 3.8) is 0 Å². The molecule has 1 rings (SSSR count). The van der Waals surface area contributed by atoms with Crippen LogP contribution in [0.4, 0.5) is 0 Å². The molecule has 0 saturated carbocycles. The molecule has 1 N–H and O–H groups in total. The van der Waals surface area contributed by atoms with Gasteiger partial charge in [-0.25, -0.2) is 4.21 Å². The molecule has 1 atom stereocenters. The number of amides is 1. The fourth-order valence-electron chi connectivity index (χ4n) is 1.37. The highest BCUT2D eigenvalue weighted by atomic mass is 32.2. The zero-order valence-electron chi connectivity index (χ0n) is 7.02. The molecular formula is C7H13NO3S. The first kappa shape index (κ1) is 9.67. The van der Waals surface area contributed by atoms with Crippen LogP contribution in [0.5, 0.6) is 0 Å². The number of hydrogen-bond donors (Lipinski definition) is 1. The van der Waals surface area contributed by atoms with E-state index in [1.54, 1.807) is 4.90 Å². The molecule has 0 spiro atoms. The maximum absolute atomic E-state index is 10.9. The van der Waals surface area contributed by atoms with Gasteiger partial charge in [0.1, 0.15) is 0 Å². The molecule has 0 bridgehead atoms. The minimum Gasteiger partial charge on any atom is -0.343 e. The quantitative estimate of drug-likeness (QED) is 0.603. The van der Waals surface area contributed by atoms with Crippen LogP contribution in [0, 0.1) is 0 Å². The number of nitrogens with zero attached hydrogens (tertiary/aromatic N) is 1. The Labute approximate surface area is 74.2 Å². The van der Waals surface area contributed by atoms with Crippen LogP contribution in [0.25, 0.3) is 0 Å². The van der Waals surface area contributed by atoms with E-state index in [0.29, 0.717) is 25.9 Å². The molecule has 1 heterocycles. The average Bonchev–Trinajstić information content (AvgIpc) is 2.04. The Kier molecular flexibility index (Phi) is 3.22. The summed E-state index contributed by atoms with van der Waals surface area (Å²) in [7, 11) is 0. The summed E-state index contributed by atoms with van der Waals surface area (Å²) in [5.41, 5.74) is 0. The summed E-state index contributed by atoms with van der Waals surface area (Å²) in [6, 6.07) is 0. The largest absolute Gasteiger partial charge is 0.343 e. The zero-order valence-corrected chi connectivity index (χ0v) is 7.84. The number of piperidine rings is 1. The molecule has 4 nitrogen and oxygen atoms in total. The molecule has 1 amide bonds. The Balaban J connectivity index is 2.39. The molecule has 1 aliphatic heterocycles. The molecule has 5 heteroatoms. The summed E-state index contributed by atoms with van der Waals surface area (Å²) >= 11 is -1.72. The number of rotatable bonds is 1. The van der Waals surface area contributed by atoms with Gasteiger partial charge in [0.15, 0.2) is 11.1 Å². The van der Waals surface area contributed by atoms with Crippen LogP contribution in [0.15, 0.2) is 0 Å². The minimum atomic E-state index is -1.72. The van der Waals surface area contributed by atoms with Gasteiger partial charge in [0.25, 0.3) is 0 Å². The Morgan fingerprint density at radius 2 is 2.00 bits per heavy atom. The highest BCUT2D eigenvalue weighted by Crippen LogP contribution is 2.14. The molecule has 1 fully saturated rings. The predicted octanol–water partition coefficient (Wildman–Crippen LogP) is 0.219. The SMILES string of the molecule is CC(=O)N1CCC(S(=O)O)CC1. The predicted molar refractivity (Wildman–Crippen MR) is 46.0 cm³/mol. The lowest BCUT2D eigenvalue weighted by atomic mass is 10.1. The monoisotopic (exact) mass is 191 g/mol. The third-order valence-corrected chi connectivity index (χ3v) is 3.21. The van der Waals surface area contributed by atoms with Crippen molar-refractivity contribution in [1.82, 2.24) is 4.90 Å². The zero-order chi connectivity index (χ0) is 9.14. The van der Waals surface area contributed by atoms with E-state index < -0.39 is 11.1 Å². The summed E-state index contributed by atoms with van der Waals surface area (Å²) in [4.78, 5) is 12.6. The molecule has 1 aliphatic rings. The van der Waals surface area contributed by atoms with Crippen molar-refractivity contribution >= 4 is 17.0 Å². The fourth-order valence-corrected chi connectivity index (χ4v) is 1.99. The van der Waals surface area contributed by atoms with E-state index in [4.69, 9.17) is 4.55 Å². The summed E-state index contributed by atoms with van der Waals surface area (Å²) in [5.74, 6) is 0.0529. The first-order chi connectivity index (χ1) is 5.61. The Hall–Kier alpha value is -0.420. The van der Waals surface area contributed by atoms with Crippen LogP contribution in [-0.2, 0) is 15.9 Å². The van der Waals surface area contributed by atoms with Crippen LogP contribution < -0.4 is 0 Å². The average molecular weight is 191 g/mol. The van der Waals surface area contributed by atoms with E-state index in [-0.39, 0.29) is 11.2 Å². The van der Waals surface area contributed by atoms with E-state index in [1.807, 2.05) is 0 Å². The molecule has 0 aromatic carbocycles. The maximum atomic E-state index is 10.9. The van der Waals surface area contributed by atoms with Gasteiger partial charge in [0, 0.05) is 20.0 Å². The molecular weight excluding hydrogens is 178 g/mol. The topological polar surface area (TPSA) is 57.6 Å². The van der Waals surface area contributed by atoms with Crippen molar-refractivity contribution in [1.29, 1.82) is 0 Å². The van der Waals surface area contributed by atoms with Crippen molar-refractivity contribution in [2.24, 2.45) is 0 Å². The molecule has 0 aliphatic carbocycles. The van der Waals surface area contributed by atoms with E-state index in [2.05, 4.69) is 0 Å². The molecule has 1 saturated heterocycles. The highest BCUT2D eigenvalue weighted by Gasteiger charge is 2.23. The molecule has 1 unspecified atom stereocenters. The van der Waals surface area contributed by atoms with Crippen LogP contribution in [0.1, 0.15) is 19.8 Å². The van der Waals surface area contributed by atoms with Crippen LogP contribution in [-0.4, -0.2) is 37.9 Å². The summed E-state index contributed by atoms with van der Waals surface area (Å²) in [6.07, 6.45) is 1.28. The van der Waals surface area contributed by atoms with Gasteiger partial charge in [-0.15, -0.1) is 0 Å². The lowest BCUT2D eigenvalue weighted by Gasteiger charge is -2.29. The Bertz CT molecular complexity index is 177. The van der Waals surface area contributed by atoms with E-state index in [0.717, 1.165) is 0 Å². The standard InChI is InChI=1S/C7H13NO3S/c1-6(9)8-4-2-7(3-5-8)12(10)11/h7H,2-5H2,1H3,(H,10,11). The third-order valence-electron chi connectivity index (χ3n) is 2.17. The van der Waals surface area contributed by atoms with Gasteiger partial charge < -0.3 is 9.45 Å². The summed E-state index contributed by atoms with van der Waals surface area (Å²) in [5, 5.41) is -0.138. The molecule has 0 aromatic rings. The summed E-state index contributed by atoms with van der Waals surface area (Å²) < 4.78 is 19.4. The Morgan fingerprint density at radius 1 is 1.50 bits per heavy atom. The normalized spacial score (nSPS) is 22.3. The van der Waals surface area contributed by atoms with Crippen LogP contribution in [0.2, 0.25) is 0 Å². The molecule has 0 radical (unpaired) electrons. The van der Waals surface area contributed by atoms with Crippen molar-refractivity contribution in [2.75, 3.05) is 13.1 Å². The fraction of sp³-hybridized carbons (Fsp3) is 0.857. The Morgan fingerprint density at radius 3 is 2.33 bits per heavy atom. The van der Waals surface area contributed by atoms with Gasteiger partial charge in [0.2, 0.25) is 5.91 Å². The number of hydrogen-bond acceptors (Lipinski definition) is 2. The van der Waals surface area contributed by atoms with Crippen molar-refractivity contribution in [3.8, 4) is 0 Å². The smallest absolute Gasteiger partial charge is 0.219 e. The van der Waals surface area contributed by atoms with Crippen LogP contribution >= 0.6 is 0 Å². The molecule has 70 valence electrons. The number of carbonyl (C=O) groups is 1. The lowest BCUT2D eigenvalue weighted by Crippen LogP contribution is -2.40. The number of likely N-dealkylation sites (tertiary alicyclic amines) is 1. The first-order valence-corrected chi connectivity index (χ1v) is 5.13. The lowest BCUT2D eigenvalue weighted by molar-refractivity contribution is -0.129. The van der Waals surface area contributed by atoms with Gasteiger partial charge in [0.05, 0.1) is 5.25 Å². The maximum Gasteiger partial charge on any atom is 0.219 e. The van der Waals surface area contributed by atoms with E-state index in [1.165, 1.54) is 6.92 Å². The van der Waals surface area contributed by atoms with Crippen molar-refractivity contribution in [3.05, 3.63) is 0 Å². The van der Waals surface area contributed by atoms with Gasteiger partial charge in [-0.3, -0.25) is 4.79 Å². The molecule has 0 aromatic heterocycles. The summed E-state index contributed by atoms with van der Waals surface area (Å²) in [6.45, 7) is 2.76. The van der Waals surface area contributed by atoms with Crippen LogP contribution in [0.3, 0.4) is 0 Å². The van der Waals surface area contributed by atoms with Gasteiger partial charge in [-0.05, 0) is 12.8 Å². The van der Waals surface area contributed by atoms with Gasteiger partial charge in [-0.2, -0.15) is 0 Å². The third kappa shape index (κ3) is 2.28. The van der Waals surface area contributed by atoms with Crippen molar-refractivity contribution < 1.29 is 13.6 Å². The second-order valence-electron chi connectivity index (χ2n) is 2.98. The van der Waals surface area contributed by atoms with E-state index in [9.17, 15) is 9.00 Å².